The number of nitrogens with two attached hydrogens (primary N) is 1. The lowest BCUT2D eigenvalue weighted by molar-refractivity contribution is 0.155. The first-order chi connectivity index (χ1) is 9.51. The summed E-state index contributed by atoms with van der Waals surface area (Å²) >= 11 is 0. The molecule has 1 fully saturated rings. The van der Waals surface area contributed by atoms with Crippen molar-refractivity contribution in [1.82, 2.24) is 20.2 Å². The molecule has 6 nitrogen and oxygen atoms in total. The molecule has 2 heterocycles. The predicted octanol–water partition coefficient (Wildman–Crippen LogP) is 1.51. The number of halogens is 1. The highest BCUT2D eigenvalue weighted by atomic mass is 19.1. The van der Waals surface area contributed by atoms with Gasteiger partial charge in [-0.25, -0.2) is 9.07 Å². The summed E-state index contributed by atoms with van der Waals surface area (Å²) in [5, 5.41) is 11.8. The third-order valence-electron chi connectivity index (χ3n) is 3.82. The van der Waals surface area contributed by atoms with Crippen molar-refractivity contribution in [2.45, 2.75) is 25.8 Å². The Labute approximate surface area is 115 Å². The second-order valence-corrected chi connectivity index (χ2v) is 5.39. The number of anilines is 1. The fourth-order valence-corrected chi connectivity index (χ4v) is 2.38. The van der Waals surface area contributed by atoms with Crippen LogP contribution in [0.25, 0.3) is 11.4 Å². The van der Waals surface area contributed by atoms with Crippen LogP contribution in [-0.2, 0) is 10.3 Å². The smallest absolute Gasteiger partial charge is 0.182 e. The highest BCUT2D eigenvalue weighted by molar-refractivity contribution is 5.64. The fraction of sp³-hybridized carbons (Fsp3) is 0.462. The molecule has 2 N–H and O–H groups in total. The number of nitrogens with zero attached hydrogens (tertiary/aromatic N) is 4. The van der Waals surface area contributed by atoms with Crippen LogP contribution in [0.15, 0.2) is 12.1 Å². The van der Waals surface area contributed by atoms with Crippen molar-refractivity contribution in [3.8, 4) is 11.4 Å². The third kappa shape index (κ3) is 1.94. The minimum absolute atomic E-state index is 0.311. The number of nitrogen functional groups attached to an aromatic ring is 1. The molecule has 3 rings (SSSR count). The number of aromatic nitrogens is 4. The quantitative estimate of drug-likeness (QED) is 0.842. The van der Waals surface area contributed by atoms with Crippen LogP contribution in [0.4, 0.5) is 10.1 Å². The van der Waals surface area contributed by atoms with Crippen LogP contribution in [-0.4, -0.2) is 33.4 Å². The van der Waals surface area contributed by atoms with Crippen LogP contribution in [0.3, 0.4) is 0 Å². The maximum absolute atomic E-state index is 13.9. The molecule has 1 aromatic carbocycles. The van der Waals surface area contributed by atoms with Crippen molar-refractivity contribution < 1.29 is 9.13 Å². The zero-order valence-corrected chi connectivity index (χ0v) is 11.4. The Morgan fingerprint density at radius 3 is 2.90 bits per heavy atom. The van der Waals surface area contributed by atoms with Crippen LogP contribution in [0.1, 0.15) is 18.9 Å². The zero-order chi connectivity index (χ0) is 14.3. The van der Waals surface area contributed by atoms with E-state index in [1.54, 1.807) is 17.7 Å². The van der Waals surface area contributed by atoms with E-state index in [1.807, 2.05) is 6.92 Å². The third-order valence-corrected chi connectivity index (χ3v) is 3.82. The van der Waals surface area contributed by atoms with Gasteiger partial charge in [0.15, 0.2) is 5.82 Å². The van der Waals surface area contributed by atoms with Gasteiger partial charge in [-0.15, -0.1) is 5.10 Å². The van der Waals surface area contributed by atoms with Gasteiger partial charge in [-0.3, -0.25) is 0 Å². The number of rotatable bonds is 2. The summed E-state index contributed by atoms with van der Waals surface area (Å²) in [6.07, 6.45) is 0.814. The summed E-state index contributed by atoms with van der Waals surface area (Å²) in [6.45, 7) is 4.87. The lowest BCUT2D eigenvalue weighted by Gasteiger charge is -2.23. The Morgan fingerprint density at radius 2 is 2.25 bits per heavy atom. The largest absolute Gasteiger partial charge is 0.398 e. The van der Waals surface area contributed by atoms with Gasteiger partial charge in [0.2, 0.25) is 0 Å². The summed E-state index contributed by atoms with van der Waals surface area (Å²) in [4.78, 5) is 0. The number of ether oxygens (including phenoxy) is 1. The Bertz CT molecular complexity index is 625. The van der Waals surface area contributed by atoms with Gasteiger partial charge in [-0.05, 0) is 42.8 Å². The molecule has 1 aromatic heterocycles. The topological polar surface area (TPSA) is 78.9 Å². The van der Waals surface area contributed by atoms with Gasteiger partial charge in [0.25, 0.3) is 0 Å². The lowest BCUT2D eigenvalue weighted by Crippen LogP contribution is -2.32. The van der Waals surface area contributed by atoms with E-state index in [1.165, 1.54) is 6.07 Å². The van der Waals surface area contributed by atoms with Crippen LogP contribution in [0.2, 0.25) is 0 Å². The van der Waals surface area contributed by atoms with E-state index in [4.69, 9.17) is 10.5 Å². The number of benzene rings is 1. The summed E-state index contributed by atoms with van der Waals surface area (Å²) in [6, 6.07) is 3.10. The van der Waals surface area contributed by atoms with Gasteiger partial charge in [-0.2, -0.15) is 0 Å². The second kappa shape index (κ2) is 4.52. The van der Waals surface area contributed by atoms with E-state index >= 15 is 0 Å². The SMILES string of the molecule is Cc1c(N)cc(-c2nnnn2C2(C)CCOC2)cc1F. The monoisotopic (exact) mass is 277 g/mol. The average Bonchev–Trinajstić information content (AvgIpc) is 3.04. The van der Waals surface area contributed by atoms with Gasteiger partial charge < -0.3 is 10.5 Å². The molecule has 0 aliphatic carbocycles. The van der Waals surface area contributed by atoms with E-state index in [0.717, 1.165) is 6.42 Å². The maximum atomic E-state index is 13.9. The highest BCUT2D eigenvalue weighted by Crippen LogP contribution is 2.31. The molecule has 2 aromatic rings. The van der Waals surface area contributed by atoms with Gasteiger partial charge in [0.1, 0.15) is 5.82 Å². The van der Waals surface area contributed by atoms with Crippen LogP contribution < -0.4 is 5.73 Å². The molecule has 0 bridgehead atoms. The zero-order valence-electron chi connectivity index (χ0n) is 11.4. The molecule has 20 heavy (non-hydrogen) atoms. The van der Waals surface area contributed by atoms with E-state index in [0.29, 0.717) is 35.9 Å². The molecule has 1 saturated heterocycles. The fourth-order valence-electron chi connectivity index (χ4n) is 2.38. The van der Waals surface area contributed by atoms with Crippen molar-refractivity contribution in [2.75, 3.05) is 18.9 Å². The van der Waals surface area contributed by atoms with E-state index in [9.17, 15) is 4.39 Å². The Morgan fingerprint density at radius 1 is 1.45 bits per heavy atom. The number of tetrazole rings is 1. The van der Waals surface area contributed by atoms with Gasteiger partial charge in [0.05, 0.1) is 12.1 Å². The molecule has 0 radical (unpaired) electrons. The highest BCUT2D eigenvalue weighted by Gasteiger charge is 2.35. The van der Waals surface area contributed by atoms with Gasteiger partial charge in [0, 0.05) is 23.4 Å². The van der Waals surface area contributed by atoms with E-state index < -0.39 is 0 Å². The van der Waals surface area contributed by atoms with Gasteiger partial charge in [-0.1, -0.05) is 0 Å². The van der Waals surface area contributed by atoms with E-state index in [2.05, 4.69) is 15.5 Å². The van der Waals surface area contributed by atoms with Crippen LogP contribution in [0.5, 0.6) is 0 Å². The second-order valence-electron chi connectivity index (χ2n) is 5.39. The maximum Gasteiger partial charge on any atom is 0.182 e. The minimum Gasteiger partial charge on any atom is -0.398 e. The van der Waals surface area contributed by atoms with Crippen molar-refractivity contribution >= 4 is 5.69 Å². The average molecular weight is 277 g/mol. The lowest BCUT2D eigenvalue weighted by atomic mass is 10.0. The predicted molar refractivity (Wildman–Crippen MR) is 71.4 cm³/mol. The summed E-state index contributed by atoms with van der Waals surface area (Å²) < 4.78 is 21.0. The number of hydrogen-bond donors (Lipinski definition) is 1. The van der Waals surface area contributed by atoms with Crippen LogP contribution >= 0.6 is 0 Å². The minimum atomic E-state index is -0.359. The van der Waals surface area contributed by atoms with E-state index in [-0.39, 0.29) is 11.4 Å². The Kier molecular flexibility index (Phi) is 2.93. The molecule has 106 valence electrons. The first-order valence-electron chi connectivity index (χ1n) is 6.44. The standard InChI is InChI=1S/C13H16FN5O/c1-8-10(14)5-9(6-11(8)15)12-16-17-18-19(12)13(2)3-4-20-7-13/h5-6H,3-4,7,15H2,1-2H3. The molecule has 1 aliphatic heterocycles. The normalized spacial score (nSPS) is 22.4. The number of hydrogen-bond acceptors (Lipinski definition) is 5. The van der Waals surface area contributed by atoms with Crippen molar-refractivity contribution in [2.24, 2.45) is 0 Å². The first kappa shape index (κ1) is 13.0. The van der Waals surface area contributed by atoms with Crippen LogP contribution in [0, 0.1) is 12.7 Å². The Balaban J connectivity index is 2.10. The van der Waals surface area contributed by atoms with Gasteiger partial charge >= 0.3 is 0 Å². The molecule has 7 heteroatoms. The first-order valence-corrected chi connectivity index (χ1v) is 6.44. The molecule has 0 saturated carbocycles. The molecular formula is C13H16FN5O. The molecular weight excluding hydrogens is 261 g/mol. The molecule has 0 spiro atoms. The molecule has 1 atom stereocenters. The Hall–Kier alpha value is -2.02. The van der Waals surface area contributed by atoms with Crippen molar-refractivity contribution in [3.05, 3.63) is 23.5 Å². The molecule has 0 amide bonds. The summed E-state index contributed by atoms with van der Waals surface area (Å²) in [5.41, 5.74) is 6.91. The molecule has 1 aliphatic rings. The molecule has 1 unspecified atom stereocenters. The van der Waals surface area contributed by atoms with Crippen molar-refractivity contribution in [1.29, 1.82) is 0 Å². The summed E-state index contributed by atoms with van der Waals surface area (Å²) in [5.74, 6) is 0.144. The summed E-state index contributed by atoms with van der Waals surface area (Å²) in [7, 11) is 0. The van der Waals surface area contributed by atoms with Crippen molar-refractivity contribution in [3.63, 3.8) is 0 Å².